The largest absolute Gasteiger partial charge is 0.416 e. The predicted octanol–water partition coefficient (Wildman–Crippen LogP) is 4.34. The second kappa shape index (κ2) is 6.88. The highest BCUT2D eigenvalue weighted by atomic mass is 32.2. The maximum atomic E-state index is 13.6. The lowest BCUT2D eigenvalue weighted by Crippen LogP contribution is -2.24. The summed E-state index contributed by atoms with van der Waals surface area (Å²) in [6.07, 6.45) is -9.54. The normalized spacial score (nSPS) is 13.0. The number of benzene rings is 2. The number of halogens is 7. The van der Waals surface area contributed by atoms with Crippen LogP contribution in [0.25, 0.3) is 0 Å². The Balaban J connectivity index is 2.27. The second-order valence-corrected chi connectivity index (χ2v) is 6.92. The second-order valence-electron chi connectivity index (χ2n) is 5.15. The molecular weight excluding hydrogens is 391 g/mol. The van der Waals surface area contributed by atoms with Gasteiger partial charge in [0.2, 0.25) is 10.0 Å². The van der Waals surface area contributed by atoms with Crippen LogP contribution < -0.4 is 4.72 Å². The Bertz CT molecular complexity index is 905. The van der Waals surface area contributed by atoms with E-state index in [1.807, 2.05) is 0 Å². The predicted molar refractivity (Wildman–Crippen MR) is 76.9 cm³/mol. The van der Waals surface area contributed by atoms with E-state index in [-0.39, 0.29) is 0 Å². The van der Waals surface area contributed by atoms with E-state index in [4.69, 9.17) is 0 Å². The van der Waals surface area contributed by atoms with Crippen molar-refractivity contribution in [2.75, 3.05) is 0 Å². The topological polar surface area (TPSA) is 46.2 Å². The average Bonchev–Trinajstić information content (AvgIpc) is 2.52. The van der Waals surface area contributed by atoms with Crippen LogP contribution in [0.4, 0.5) is 30.7 Å². The zero-order valence-electron chi connectivity index (χ0n) is 12.6. The molecule has 2 aromatic carbocycles. The van der Waals surface area contributed by atoms with Gasteiger partial charge in [-0.05, 0) is 36.4 Å². The number of hydrogen-bond donors (Lipinski definition) is 1. The lowest BCUT2D eigenvalue weighted by Gasteiger charge is -2.12. The summed E-state index contributed by atoms with van der Waals surface area (Å²) in [5, 5.41) is 0. The number of alkyl halides is 6. The van der Waals surface area contributed by atoms with Crippen molar-refractivity contribution in [3.63, 3.8) is 0 Å². The molecule has 11 heteroatoms. The van der Waals surface area contributed by atoms with Gasteiger partial charge in [0, 0.05) is 12.1 Å². The van der Waals surface area contributed by atoms with Crippen molar-refractivity contribution in [1.29, 1.82) is 0 Å². The molecule has 0 saturated heterocycles. The Morgan fingerprint density at radius 1 is 0.846 bits per heavy atom. The van der Waals surface area contributed by atoms with E-state index in [1.165, 1.54) is 0 Å². The Morgan fingerprint density at radius 3 is 2.00 bits per heavy atom. The molecule has 0 amide bonds. The Morgan fingerprint density at radius 2 is 1.42 bits per heavy atom. The summed E-state index contributed by atoms with van der Waals surface area (Å²) >= 11 is 0. The van der Waals surface area contributed by atoms with Gasteiger partial charge in [-0.15, -0.1) is 0 Å². The molecule has 1 N–H and O–H groups in total. The van der Waals surface area contributed by atoms with Crippen LogP contribution in [0.3, 0.4) is 0 Å². The molecule has 0 aliphatic rings. The van der Waals surface area contributed by atoms with E-state index < -0.39 is 56.3 Å². The molecule has 26 heavy (non-hydrogen) atoms. The van der Waals surface area contributed by atoms with Gasteiger partial charge < -0.3 is 0 Å². The molecule has 0 aliphatic carbocycles. The van der Waals surface area contributed by atoms with Crippen molar-refractivity contribution in [2.24, 2.45) is 0 Å². The van der Waals surface area contributed by atoms with E-state index in [0.29, 0.717) is 30.3 Å². The van der Waals surface area contributed by atoms with Gasteiger partial charge in [0.05, 0.1) is 16.0 Å². The standard InChI is InChI=1S/C15H10F7NO2S/c16-13-5-4-11(15(20,21)22)6-9(13)8-23-26(24,25)12-3-1-2-10(7-12)14(17,18)19/h1-7,23H,8H2. The molecule has 3 nitrogen and oxygen atoms in total. The smallest absolute Gasteiger partial charge is 0.207 e. The maximum absolute atomic E-state index is 13.6. The summed E-state index contributed by atoms with van der Waals surface area (Å²) in [5.41, 5.74) is -3.01. The highest BCUT2D eigenvalue weighted by Gasteiger charge is 2.32. The molecule has 0 saturated carbocycles. The number of rotatable bonds is 4. The zero-order chi connectivity index (χ0) is 19.8. The summed E-state index contributed by atoms with van der Waals surface area (Å²) in [4.78, 5) is -0.750. The van der Waals surface area contributed by atoms with E-state index in [0.717, 1.165) is 12.1 Å². The van der Waals surface area contributed by atoms with Gasteiger partial charge in [0.25, 0.3) is 0 Å². The van der Waals surface area contributed by atoms with Crippen molar-refractivity contribution < 1.29 is 39.2 Å². The van der Waals surface area contributed by atoms with Gasteiger partial charge in [-0.3, -0.25) is 0 Å². The number of hydrogen-bond acceptors (Lipinski definition) is 2. The fourth-order valence-electron chi connectivity index (χ4n) is 1.98. The first kappa shape index (κ1) is 20.2. The van der Waals surface area contributed by atoms with Gasteiger partial charge in [-0.25, -0.2) is 17.5 Å². The van der Waals surface area contributed by atoms with Gasteiger partial charge in [-0.1, -0.05) is 6.07 Å². The van der Waals surface area contributed by atoms with Crippen molar-refractivity contribution in [1.82, 2.24) is 4.72 Å². The minimum atomic E-state index is -4.78. The molecule has 0 bridgehead atoms. The minimum Gasteiger partial charge on any atom is -0.207 e. The molecule has 0 atom stereocenters. The molecule has 0 aliphatic heterocycles. The van der Waals surface area contributed by atoms with Crippen molar-refractivity contribution in [3.05, 3.63) is 65.0 Å². The summed E-state index contributed by atoms with van der Waals surface area (Å²) < 4.78 is 115. The van der Waals surface area contributed by atoms with Crippen molar-refractivity contribution in [3.8, 4) is 0 Å². The number of nitrogens with one attached hydrogen (secondary N) is 1. The lowest BCUT2D eigenvalue weighted by atomic mass is 10.1. The Labute approximate surface area is 143 Å². The third-order valence-corrected chi connectivity index (χ3v) is 4.70. The van der Waals surface area contributed by atoms with E-state index in [9.17, 15) is 39.2 Å². The van der Waals surface area contributed by atoms with Crippen LogP contribution in [0.2, 0.25) is 0 Å². The fraction of sp³-hybridized carbons (Fsp3) is 0.200. The molecule has 2 rings (SSSR count). The molecule has 0 fully saturated rings. The maximum Gasteiger partial charge on any atom is 0.416 e. The van der Waals surface area contributed by atoms with Crippen LogP contribution >= 0.6 is 0 Å². The Hall–Kier alpha value is -2.14. The SMILES string of the molecule is O=S(=O)(NCc1cc(C(F)(F)F)ccc1F)c1cccc(C(F)(F)F)c1. The monoisotopic (exact) mass is 401 g/mol. The van der Waals surface area contributed by atoms with Crippen LogP contribution in [-0.2, 0) is 28.9 Å². The number of sulfonamides is 1. The van der Waals surface area contributed by atoms with Crippen LogP contribution in [0.15, 0.2) is 47.4 Å². The molecule has 2 aromatic rings. The lowest BCUT2D eigenvalue weighted by molar-refractivity contribution is -0.138. The zero-order valence-corrected chi connectivity index (χ0v) is 13.4. The van der Waals surface area contributed by atoms with Crippen molar-refractivity contribution in [2.45, 2.75) is 23.8 Å². The minimum absolute atomic E-state index is 0.366. The van der Waals surface area contributed by atoms with E-state index in [2.05, 4.69) is 0 Å². The van der Waals surface area contributed by atoms with Gasteiger partial charge in [0.15, 0.2) is 0 Å². The molecular formula is C15H10F7NO2S. The third kappa shape index (κ3) is 4.73. The summed E-state index contributed by atoms with van der Waals surface area (Å²) in [7, 11) is -4.50. The van der Waals surface area contributed by atoms with Gasteiger partial charge >= 0.3 is 12.4 Å². The Kier molecular flexibility index (Phi) is 5.34. The van der Waals surface area contributed by atoms with Crippen LogP contribution in [-0.4, -0.2) is 8.42 Å². The summed E-state index contributed by atoms with van der Waals surface area (Å²) in [5.74, 6) is -1.09. The van der Waals surface area contributed by atoms with E-state index >= 15 is 0 Å². The molecule has 0 radical (unpaired) electrons. The quantitative estimate of drug-likeness (QED) is 0.775. The molecule has 0 spiro atoms. The molecule has 0 aromatic heterocycles. The summed E-state index contributed by atoms with van der Waals surface area (Å²) in [6, 6.07) is 4.19. The molecule has 0 unspecified atom stereocenters. The average molecular weight is 401 g/mol. The highest BCUT2D eigenvalue weighted by molar-refractivity contribution is 7.89. The third-order valence-electron chi connectivity index (χ3n) is 3.30. The van der Waals surface area contributed by atoms with Crippen molar-refractivity contribution >= 4 is 10.0 Å². The highest BCUT2D eigenvalue weighted by Crippen LogP contribution is 2.31. The van der Waals surface area contributed by atoms with E-state index in [1.54, 1.807) is 4.72 Å². The first-order valence-electron chi connectivity index (χ1n) is 6.83. The van der Waals surface area contributed by atoms with Gasteiger partial charge in [-0.2, -0.15) is 26.3 Å². The first-order valence-corrected chi connectivity index (χ1v) is 8.31. The molecule has 0 heterocycles. The molecule has 142 valence electrons. The first-order chi connectivity index (χ1) is 11.8. The fourth-order valence-corrected chi connectivity index (χ4v) is 3.03. The van der Waals surface area contributed by atoms with Gasteiger partial charge in [0.1, 0.15) is 5.82 Å². The van der Waals surface area contributed by atoms with Crippen LogP contribution in [0.1, 0.15) is 16.7 Å². The van der Waals surface area contributed by atoms with Crippen LogP contribution in [0.5, 0.6) is 0 Å². The van der Waals surface area contributed by atoms with Crippen LogP contribution in [0, 0.1) is 5.82 Å². The summed E-state index contributed by atoms with van der Waals surface area (Å²) in [6.45, 7) is -0.867.